The van der Waals surface area contributed by atoms with Gasteiger partial charge < -0.3 is 5.11 Å². The minimum atomic E-state index is -0.617. The molecule has 1 spiro atoms. The van der Waals surface area contributed by atoms with E-state index in [1.807, 2.05) is 12.3 Å². The van der Waals surface area contributed by atoms with Gasteiger partial charge in [0.05, 0.1) is 11.4 Å². The molecule has 102 valence electrons. The normalized spacial score (nSPS) is 31.8. The van der Waals surface area contributed by atoms with Crippen molar-refractivity contribution in [1.29, 1.82) is 0 Å². The standard InChI is InChI=1S/C17H17NO2/c19-16(20)12-9-17(10-12)7-11(8-17)13-5-6-18-15-4-2-1-3-14(13)15/h1-6,11-12H,7-10H2,(H,19,20). The molecular formula is C17H17NO2. The minimum absolute atomic E-state index is 0.0925. The highest BCUT2D eigenvalue weighted by Crippen LogP contribution is 2.64. The van der Waals surface area contributed by atoms with Crippen LogP contribution in [0.4, 0.5) is 0 Å². The van der Waals surface area contributed by atoms with Crippen LogP contribution >= 0.6 is 0 Å². The molecule has 0 atom stereocenters. The fourth-order valence-electron chi connectivity index (χ4n) is 4.17. The third kappa shape index (κ3) is 1.65. The first-order valence-electron chi connectivity index (χ1n) is 7.23. The second-order valence-electron chi connectivity index (χ2n) is 6.47. The highest BCUT2D eigenvalue weighted by Gasteiger charge is 2.55. The van der Waals surface area contributed by atoms with Gasteiger partial charge in [0.1, 0.15) is 0 Å². The first-order chi connectivity index (χ1) is 9.67. The molecule has 2 aromatic rings. The maximum absolute atomic E-state index is 10.9. The number of hydrogen-bond acceptors (Lipinski definition) is 2. The maximum atomic E-state index is 10.9. The van der Waals surface area contributed by atoms with Gasteiger partial charge in [-0.25, -0.2) is 0 Å². The third-order valence-corrected chi connectivity index (χ3v) is 5.19. The Morgan fingerprint density at radius 2 is 1.90 bits per heavy atom. The quantitative estimate of drug-likeness (QED) is 0.904. The van der Waals surface area contributed by atoms with Crippen molar-refractivity contribution in [1.82, 2.24) is 4.98 Å². The number of carbonyl (C=O) groups is 1. The lowest BCUT2D eigenvalue weighted by molar-refractivity contribution is -0.155. The number of rotatable bonds is 2. The number of benzene rings is 1. The summed E-state index contributed by atoms with van der Waals surface area (Å²) in [6.07, 6.45) is 5.93. The Hall–Kier alpha value is -1.90. The van der Waals surface area contributed by atoms with Crippen molar-refractivity contribution in [2.75, 3.05) is 0 Å². The number of nitrogens with zero attached hydrogens (tertiary/aromatic N) is 1. The molecule has 1 aromatic carbocycles. The van der Waals surface area contributed by atoms with Gasteiger partial charge in [0, 0.05) is 11.6 Å². The minimum Gasteiger partial charge on any atom is -0.481 e. The zero-order valence-corrected chi connectivity index (χ0v) is 11.2. The molecule has 20 heavy (non-hydrogen) atoms. The van der Waals surface area contributed by atoms with E-state index in [0.717, 1.165) is 31.2 Å². The average Bonchev–Trinajstić information content (AvgIpc) is 2.35. The van der Waals surface area contributed by atoms with Crippen molar-refractivity contribution in [3.63, 3.8) is 0 Å². The summed E-state index contributed by atoms with van der Waals surface area (Å²) in [4.78, 5) is 15.3. The van der Waals surface area contributed by atoms with Crippen LogP contribution in [0.15, 0.2) is 36.5 Å². The molecule has 0 aliphatic heterocycles. The topological polar surface area (TPSA) is 50.2 Å². The highest BCUT2D eigenvalue weighted by atomic mass is 16.4. The van der Waals surface area contributed by atoms with E-state index in [4.69, 9.17) is 5.11 Å². The number of aliphatic carboxylic acids is 1. The summed E-state index contributed by atoms with van der Waals surface area (Å²) < 4.78 is 0. The molecule has 2 aliphatic carbocycles. The molecular weight excluding hydrogens is 250 g/mol. The lowest BCUT2D eigenvalue weighted by Crippen LogP contribution is -2.48. The molecule has 2 saturated carbocycles. The van der Waals surface area contributed by atoms with Gasteiger partial charge in [-0.15, -0.1) is 0 Å². The highest BCUT2D eigenvalue weighted by molar-refractivity contribution is 5.82. The van der Waals surface area contributed by atoms with E-state index < -0.39 is 5.97 Å². The van der Waals surface area contributed by atoms with Gasteiger partial charge in [-0.05, 0) is 54.7 Å². The largest absolute Gasteiger partial charge is 0.481 e. The second kappa shape index (κ2) is 4.05. The fourth-order valence-corrected chi connectivity index (χ4v) is 4.17. The molecule has 2 aliphatic rings. The molecule has 4 rings (SSSR count). The van der Waals surface area contributed by atoms with Crippen LogP contribution in [0.2, 0.25) is 0 Å². The van der Waals surface area contributed by atoms with Crippen LogP contribution in [0.5, 0.6) is 0 Å². The van der Waals surface area contributed by atoms with Crippen molar-refractivity contribution in [3.05, 3.63) is 42.1 Å². The van der Waals surface area contributed by atoms with Gasteiger partial charge in [0.15, 0.2) is 0 Å². The van der Waals surface area contributed by atoms with Gasteiger partial charge >= 0.3 is 5.97 Å². The molecule has 0 radical (unpaired) electrons. The monoisotopic (exact) mass is 267 g/mol. The SMILES string of the molecule is O=C(O)C1CC2(C1)CC(c1ccnc3ccccc13)C2. The van der Waals surface area contributed by atoms with E-state index in [2.05, 4.69) is 29.2 Å². The van der Waals surface area contributed by atoms with E-state index in [1.54, 1.807) is 0 Å². The predicted octanol–water partition coefficient (Wildman–Crippen LogP) is 3.59. The van der Waals surface area contributed by atoms with Crippen molar-refractivity contribution >= 4 is 16.9 Å². The molecule has 0 bridgehead atoms. The van der Waals surface area contributed by atoms with Crippen LogP contribution in [0, 0.1) is 11.3 Å². The van der Waals surface area contributed by atoms with Crippen LogP contribution in [0.3, 0.4) is 0 Å². The number of carboxylic acids is 1. The van der Waals surface area contributed by atoms with Gasteiger partial charge in [-0.2, -0.15) is 0 Å². The Balaban J connectivity index is 1.55. The molecule has 2 fully saturated rings. The fraction of sp³-hybridized carbons (Fsp3) is 0.412. The van der Waals surface area contributed by atoms with Gasteiger partial charge in [-0.1, -0.05) is 18.2 Å². The van der Waals surface area contributed by atoms with Crippen molar-refractivity contribution < 1.29 is 9.90 Å². The Bertz CT molecular complexity index is 675. The third-order valence-electron chi connectivity index (χ3n) is 5.19. The summed E-state index contributed by atoms with van der Waals surface area (Å²) in [5, 5.41) is 10.3. The number of fused-ring (bicyclic) bond motifs is 1. The van der Waals surface area contributed by atoms with Crippen LogP contribution in [-0.2, 0) is 4.79 Å². The summed E-state index contributed by atoms with van der Waals surface area (Å²) in [5.41, 5.74) is 2.78. The molecule has 0 saturated heterocycles. The van der Waals surface area contributed by atoms with Crippen molar-refractivity contribution in [2.24, 2.45) is 11.3 Å². The predicted molar refractivity (Wildman–Crippen MR) is 76.5 cm³/mol. The van der Waals surface area contributed by atoms with Crippen LogP contribution in [-0.4, -0.2) is 16.1 Å². The lowest BCUT2D eigenvalue weighted by atomic mass is 9.47. The maximum Gasteiger partial charge on any atom is 0.306 e. The van der Waals surface area contributed by atoms with Gasteiger partial charge in [0.2, 0.25) is 0 Å². The summed E-state index contributed by atoms with van der Waals surface area (Å²) >= 11 is 0. The number of hydrogen-bond donors (Lipinski definition) is 1. The smallest absolute Gasteiger partial charge is 0.306 e. The Morgan fingerprint density at radius 1 is 1.15 bits per heavy atom. The van der Waals surface area contributed by atoms with Crippen LogP contribution in [0.25, 0.3) is 10.9 Å². The van der Waals surface area contributed by atoms with E-state index in [9.17, 15) is 4.79 Å². The number of pyridine rings is 1. The molecule has 0 amide bonds. The Morgan fingerprint density at radius 3 is 2.65 bits per heavy atom. The Kier molecular flexibility index (Phi) is 2.40. The number of aromatic nitrogens is 1. The first-order valence-corrected chi connectivity index (χ1v) is 7.23. The van der Waals surface area contributed by atoms with Crippen LogP contribution < -0.4 is 0 Å². The molecule has 1 N–H and O–H groups in total. The molecule has 3 heteroatoms. The molecule has 1 heterocycles. The van der Waals surface area contributed by atoms with Crippen molar-refractivity contribution in [2.45, 2.75) is 31.6 Å². The molecule has 1 aromatic heterocycles. The number of para-hydroxylation sites is 1. The number of carboxylic acid groups (broad SMARTS) is 1. The average molecular weight is 267 g/mol. The second-order valence-corrected chi connectivity index (χ2v) is 6.47. The summed E-state index contributed by atoms with van der Waals surface area (Å²) in [6, 6.07) is 10.4. The van der Waals surface area contributed by atoms with E-state index in [1.165, 1.54) is 10.9 Å². The van der Waals surface area contributed by atoms with E-state index in [-0.39, 0.29) is 5.92 Å². The molecule has 3 nitrogen and oxygen atoms in total. The first kappa shape index (κ1) is 11.9. The lowest BCUT2D eigenvalue weighted by Gasteiger charge is -2.57. The summed E-state index contributed by atoms with van der Waals surface area (Å²) in [5.74, 6) is -0.129. The zero-order valence-electron chi connectivity index (χ0n) is 11.2. The van der Waals surface area contributed by atoms with Gasteiger partial charge in [0.25, 0.3) is 0 Å². The van der Waals surface area contributed by atoms with E-state index in [0.29, 0.717) is 11.3 Å². The molecule has 0 unspecified atom stereocenters. The summed E-state index contributed by atoms with van der Waals surface area (Å²) in [6.45, 7) is 0. The Labute approximate surface area is 117 Å². The summed E-state index contributed by atoms with van der Waals surface area (Å²) in [7, 11) is 0. The zero-order chi connectivity index (χ0) is 13.7. The van der Waals surface area contributed by atoms with Gasteiger partial charge in [-0.3, -0.25) is 9.78 Å². The van der Waals surface area contributed by atoms with E-state index >= 15 is 0 Å². The van der Waals surface area contributed by atoms with Crippen molar-refractivity contribution in [3.8, 4) is 0 Å². The van der Waals surface area contributed by atoms with Crippen LogP contribution in [0.1, 0.15) is 37.2 Å².